The summed E-state index contributed by atoms with van der Waals surface area (Å²) in [6.45, 7) is 2.45. The van der Waals surface area contributed by atoms with Gasteiger partial charge in [-0.05, 0) is 31.4 Å². The maximum Gasteiger partial charge on any atom is 0.227 e. The van der Waals surface area contributed by atoms with Gasteiger partial charge in [0.25, 0.3) is 0 Å². The average Bonchev–Trinajstić information content (AvgIpc) is 2.28. The van der Waals surface area contributed by atoms with Crippen molar-refractivity contribution < 1.29 is 4.79 Å². The molecule has 1 aromatic carbocycles. The van der Waals surface area contributed by atoms with Gasteiger partial charge in [-0.1, -0.05) is 40.5 Å². The fourth-order valence-corrected chi connectivity index (χ4v) is 3.01. The van der Waals surface area contributed by atoms with Gasteiger partial charge in [-0.2, -0.15) is 0 Å². The summed E-state index contributed by atoms with van der Waals surface area (Å²) in [5.41, 5.74) is 6.53. The molecular formula is C14H19BrN2O. The van der Waals surface area contributed by atoms with Gasteiger partial charge in [0.05, 0.1) is 11.5 Å². The fourth-order valence-electron chi connectivity index (χ4n) is 2.38. The molecule has 2 rings (SSSR count). The first-order valence-electron chi connectivity index (χ1n) is 6.34. The summed E-state index contributed by atoms with van der Waals surface area (Å²) in [5.74, 6) is 0.0968. The second-order valence-electron chi connectivity index (χ2n) is 5.05. The predicted octanol–water partition coefficient (Wildman–Crippen LogP) is 2.76. The normalized spacial score (nSPS) is 18.8. The summed E-state index contributed by atoms with van der Waals surface area (Å²) in [7, 11) is 0. The standard InChI is InChI=1S/C14H19BrN2O/c1-10(11-5-2-3-6-12(11)15)17-13(18)14(9-16)7-4-8-14/h2-3,5-6,10H,4,7-9,16H2,1H3,(H,17,18). The Morgan fingerprint density at radius 3 is 2.67 bits per heavy atom. The summed E-state index contributed by atoms with van der Waals surface area (Å²) >= 11 is 3.51. The van der Waals surface area contributed by atoms with Gasteiger partial charge in [0.15, 0.2) is 0 Å². The van der Waals surface area contributed by atoms with E-state index in [1.807, 2.05) is 31.2 Å². The van der Waals surface area contributed by atoms with Crippen molar-refractivity contribution in [3.05, 3.63) is 34.3 Å². The van der Waals surface area contributed by atoms with E-state index < -0.39 is 0 Å². The van der Waals surface area contributed by atoms with Crippen LogP contribution >= 0.6 is 15.9 Å². The molecule has 0 aromatic heterocycles. The van der Waals surface area contributed by atoms with Gasteiger partial charge in [-0.3, -0.25) is 4.79 Å². The van der Waals surface area contributed by atoms with E-state index in [-0.39, 0.29) is 17.4 Å². The molecule has 0 saturated heterocycles. The van der Waals surface area contributed by atoms with Crippen molar-refractivity contribution in [3.63, 3.8) is 0 Å². The van der Waals surface area contributed by atoms with E-state index >= 15 is 0 Å². The molecule has 1 atom stereocenters. The van der Waals surface area contributed by atoms with E-state index in [9.17, 15) is 4.79 Å². The van der Waals surface area contributed by atoms with Crippen LogP contribution in [-0.4, -0.2) is 12.5 Å². The molecule has 3 N–H and O–H groups in total. The maximum atomic E-state index is 12.3. The number of nitrogens with one attached hydrogen (secondary N) is 1. The molecule has 0 bridgehead atoms. The molecule has 98 valence electrons. The van der Waals surface area contributed by atoms with Crippen molar-refractivity contribution in [1.82, 2.24) is 5.32 Å². The topological polar surface area (TPSA) is 55.1 Å². The SMILES string of the molecule is CC(NC(=O)C1(CN)CCC1)c1ccccc1Br. The molecule has 0 radical (unpaired) electrons. The molecule has 0 heterocycles. The lowest BCUT2D eigenvalue weighted by Gasteiger charge is -2.40. The molecule has 1 saturated carbocycles. The molecule has 3 nitrogen and oxygen atoms in total. The molecule has 1 aliphatic carbocycles. The molecule has 1 aliphatic rings. The van der Waals surface area contributed by atoms with Crippen molar-refractivity contribution in [2.45, 2.75) is 32.2 Å². The number of amides is 1. The fraction of sp³-hybridized carbons (Fsp3) is 0.500. The minimum Gasteiger partial charge on any atom is -0.349 e. The van der Waals surface area contributed by atoms with Crippen LogP contribution in [0.4, 0.5) is 0 Å². The van der Waals surface area contributed by atoms with Crippen LogP contribution in [0.1, 0.15) is 37.8 Å². The molecule has 0 aliphatic heterocycles. The quantitative estimate of drug-likeness (QED) is 0.898. The minimum atomic E-state index is -0.310. The van der Waals surface area contributed by atoms with Gasteiger partial charge in [-0.25, -0.2) is 0 Å². The van der Waals surface area contributed by atoms with Crippen molar-refractivity contribution in [2.24, 2.45) is 11.1 Å². The molecule has 18 heavy (non-hydrogen) atoms. The van der Waals surface area contributed by atoms with Gasteiger partial charge in [0, 0.05) is 11.0 Å². The Hall–Kier alpha value is -0.870. The molecule has 1 amide bonds. The Morgan fingerprint density at radius 2 is 2.17 bits per heavy atom. The minimum absolute atomic E-state index is 0.00269. The van der Waals surface area contributed by atoms with Crippen LogP contribution in [-0.2, 0) is 4.79 Å². The first kappa shape index (κ1) is 13.6. The Morgan fingerprint density at radius 1 is 1.50 bits per heavy atom. The first-order chi connectivity index (χ1) is 8.59. The van der Waals surface area contributed by atoms with Crippen LogP contribution < -0.4 is 11.1 Å². The number of rotatable bonds is 4. The monoisotopic (exact) mass is 310 g/mol. The van der Waals surface area contributed by atoms with Crippen LogP contribution in [0.25, 0.3) is 0 Å². The number of carbonyl (C=O) groups is 1. The van der Waals surface area contributed by atoms with Crippen molar-refractivity contribution in [1.29, 1.82) is 0 Å². The average molecular weight is 311 g/mol. The second kappa shape index (κ2) is 5.41. The summed E-state index contributed by atoms with van der Waals surface area (Å²) < 4.78 is 1.02. The van der Waals surface area contributed by atoms with E-state index in [4.69, 9.17) is 5.73 Å². The second-order valence-corrected chi connectivity index (χ2v) is 5.91. The Labute approximate surface area is 116 Å². The Bertz CT molecular complexity index is 438. The van der Waals surface area contributed by atoms with Crippen LogP contribution in [0.5, 0.6) is 0 Å². The van der Waals surface area contributed by atoms with E-state index in [2.05, 4.69) is 21.2 Å². The Kier molecular flexibility index (Phi) is 4.07. The summed E-state index contributed by atoms with van der Waals surface area (Å²) in [6, 6.07) is 7.95. The van der Waals surface area contributed by atoms with Gasteiger partial charge < -0.3 is 11.1 Å². The van der Waals surface area contributed by atoms with Crippen molar-refractivity contribution in [2.75, 3.05) is 6.54 Å². The summed E-state index contributed by atoms with van der Waals surface area (Å²) in [4.78, 5) is 12.3. The molecule has 1 aromatic rings. The zero-order chi connectivity index (χ0) is 13.2. The Balaban J connectivity index is 2.06. The highest BCUT2D eigenvalue weighted by Crippen LogP contribution is 2.40. The number of hydrogen-bond donors (Lipinski definition) is 2. The smallest absolute Gasteiger partial charge is 0.227 e. The lowest BCUT2D eigenvalue weighted by atomic mass is 9.68. The van der Waals surface area contributed by atoms with E-state index in [0.717, 1.165) is 29.3 Å². The van der Waals surface area contributed by atoms with Crippen LogP contribution in [0, 0.1) is 5.41 Å². The van der Waals surface area contributed by atoms with Crippen LogP contribution in [0.2, 0.25) is 0 Å². The van der Waals surface area contributed by atoms with Crippen molar-refractivity contribution in [3.8, 4) is 0 Å². The first-order valence-corrected chi connectivity index (χ1v) is 7.14. The number of nitrogens with two attached hydrogens (primary N) is 1. The van der Waals surface area contributed by atoms with E-state index in [1.54, 1.807) is 0 Å². The predicted molar refractivity (Wildman–Crippen MR) is 76.0 cm³/mol. The van der Waals surface area contributed by atoms with E-state index in [0.29, 0.717) is 6.54 Å². The van der Waals surface area contributed by atoms with Gasteiger partial charge in [0.1, 0.15) is 0 Å². The van der Waals surface area contributed by atoms with E-state index in [1.165, 1.54) is 0 Å². The number of halogens is 1. The highest BCUT2D eigenvalue weighted by molar-refractivity contribution is 9.10. The molecule has 0 spiro atoms. The molecule has 1 fully saturated rings. The summed E-state index contributed by atoms with van der Waals surface area (Å²) in [5, 5.41) is 3.08. The van der Waals surface area contributed by atoms with Gasteiger partial charge >= 0.3 is 0 Å². The summed E-state index contributed by atoms with van der Waals surface area (Å²) in [6.07, 6.45) is 2.93. The lowest BCUT2D eigenvalue weighted by molar-refractivity contribution is -0.135. The zero-order valence-electron chi connectivity index (χ0n) is 10.6. The van der Waals surface area contributed by atoms with Crippen LogP contribution in [0.15, 0.2) is 28.7 Å². The number of carbonyl (C=O) groups excluding carboxylic acids is 1. The zero-order valence-corrected chi connectivity index (χ0v) is 12.2. The number of benzene rings is 1. The van der Waals surface area contributed by atoms with Gasteiger partial charge in [0.2, 0.25) is 5.91 Å². The highest BCUT2D eigenvalue weighted by atomic mass is 79.9. The van der Waals surface area contributed by atoms with Crippen LogP contribution in [0.3, 0.4) is 0 Å². The molecular weight excluding hydrogens is 292 g/mol. The maximum absolute atomic E-state index is 12.3. The largest absolute Gasteiger partial charge is 0.349 e. The third-order valence-electron chi connectivity index (χ3n) is 3.90. The lowest BCUT2D eigenvalue weighted by Crippen LogP contribution is -2.50. The number of hydrogen-bond acceptors (Lipinski definition) is 2. The third kappa shape index (κ3) is 2.45. The highest BCUT2D eigenvalue weighted by Gasteiger charge is 2.43. The van der Waals surface area contributed by atoms with Crippen molar-refractivity contribution >= 4 is 21.8 Å². The van der Waals surface area contributed by atoms with Gasteiger partial charge in [-0.15, -0.1) is 0 Å². The molecule has 4 heteroatoms. The third-order valence-corrected chi connectivity index (χ3v) is 4.62. The molecule has 1 unspecified atom stereocenters.